The summed E-state index contributed by atoms with van der Waals surface area (Å²) in [6, 6.07) is 7.72. The van der Waals surface area contributed by atoms with Gasteiger partial charge < -0.3 is 14.6 Å². The minimum Gasteiger partial charge on any atom is -0.465 e. The summed E-state index contributed by atoms with van der Waals surface area (Å²) in [4.78, 5) is 14.7. The molecule has 1 aliphatic heterocycles. The lowest BCUT2D eigenvalue weighted by atomic mass is 9.97. The molecule has 8 heteroatoms. The van der Waals surface area contributed by atoms with Crippen LogP contribution in [0.25, 0.3) is 5.13 Å². The van der Waals surface area contributed by atoms with Crippen LogP contribution in [0.15, 0.2) is 41.1 Å². The van der Waals surface area contributed by atoms with E-state index in [1.807, 2.05) is 48.1 Å². The van der Waals surface area contributed by atoms with E-state index in [2.05, 4.69) is 20.4 Å². The fourth-order valence-electron chi connectivity index (χ4n) is 3.17. The van der Waals surface area contributed by atoms with Crippen molar-refractivity contribution in [3.05, 3.63) is 48.2 Å². The van der Waals surface area contributed by atoms with Gasteiger partial charge in [0.2, 0.25) is 16.2 Å². The Kier molecular flexibility index (Phi) is 4.75. The molecule has 1 aliphatic rings. The number of piperidine rings is 1. The van der Waals surface area contributed by atoms with Gasteiger partial charge in [0.15, 0.2) is 0 Å². The monoisotopic (exact) mass is 371 g/mol. The molecule has 1 atom stereocenters. The zero-order chi connectivity index (χ0) is 17.9. The summed E-state index contributed by atoms with van der Waals surface area (Å²) in [5, 5.41) is 13.3. The van der Waals surface area contributed by atoms with E-state index in [1.165, 1.54) is 0 Å². The Hall–Kier alpha value is -2.61. The van der Waals surface area contributed by atoms with E-state index in [0.717, 1.165) is 41.2 Å². The molecule has 0 spiro atoms. The Bertz CT molecular complexity index is 870. The van der Waals surface area contributed by atoms with Crippen molar-refractivity contribution in [3.63, 3.8) is 0 Å². The number of anilines is 1. The minimum atomic E-state index is -0.0428. The van der Waals surface area contributed by atoms with Crippen molar-refractivity contribution in [1.82, 2.24) is 20.1 Å². The predicted molar refractivity (Wildman–Crippen MR) is 99.5 cm³/mol. The van der Waals surface area contributed by atoms with Gasteiger partial charge in [-0.1, -0.05) is 11.3 Å². The number of hydrogen-bond donors (Lipinski definition) is 1. The second-order valence-electron chi connectivity index (χ2n) is 6.47. The fourth-order valence-corrected chi connectivity index (χ4v) is 4.01. The van der Waals surface area contributed by atoms with Gasteiger partial charge in [-0.2, -0.15) is 0 Å². The average molecular weight is 371 g/mol. The van der Waals surface area contributed by atoms with Gasteiger partial charge in [-0.15, -0.1) is 10.2 Å². The smallest absolute Gasteiger partial charge is 0.225 e. The molecule has 3 aromatic rings. The first kappa shape index (κ1) is 16.8. The van der Waals surface area contributed by atoms with Crippen molar-refractivity contribution in [2.24, 2.45) is 5.92 Å². The summed E-state index contributed by atoms with van der Waals surface area (Å²) in [5.74, 6) is 1.66. The van der Waals surface area contributed by atoms with E-state index in [0.29, 0.717) is 13.1 Å². The van der Waals surface area contributed by atoms with Crippen molar-refractivity contribution >= 4 is 22.4 Å². The lowest BCUT2D eigenvalue weighted by Crippen LogP contribution is -2.42. The second kappa shape index (κ2) is 7.33. The quantitative estimate of drug-likeness (QED) is 0.746. The Labute approximate surface area is 155 Å². The number of carbonyl (C=O) groups excluding carboxylic acids is 1. The molecule has 0 unspecified atom stereocenters. The summed E-state index contributed by atoms with van der Waals surface area (Å²) in [6.45, 7) is 3.90. The highest BCUT2D eigenvalue weighted by molar-refractivity contribution is 7.17. The van der Waals surface area contributed by atoms with Crippen molar-refractivity contribution in [3.8, 4) is 5.13 Å². The third-order valence-electron chi connectivity index (χ3n) is 4.52. The molecule has 136 valence electrons. The molecule has 0 aliphatic carbocycles. The van der Waals surface area contributed by atoms with Crippen LogP contribution >= 0.6 is 11.3 Å². The minimum absolute atomic E-state index is 0.0428. The van der Waals surface area contributed by atoms with Gasteiger partial charge in [-0.25, -0.2) is 0 Å². The second-order valence-corrected chi connectivity index (χ2v) is 7.41. The standard InChI is InChI=1S/C18H21N5O2S/c1-13-6-7-15(25-13)11-19-16(24)14-5-4-10-23(12-14)18-21-20-17(26-18)22-8-2-3-9-22/h2-3,6-9,14H,4-5,10-12H2,1H3,(H,19,24)/t14-/m1/s1. The summed E-state index contributed by atoms with van der Waals surface area (Å²) in [6.07, 6.45) is 5.76. The summed E-state index contributed by atoms with van der Waals surface area (Å²) in [7, 11) is 0. The SMILES string of the molecule is Cc1ccc(CNC(=O)[C@@H]2CCCN(c3nnc(-n4cccc4)s3)C2)o1. The van der Waals surface area contributed by atoms with Crippen molar-refractivity contribution in [2.75, 3.05) is 18.0 Å². The van der Waals surface area contributed by atoms with Crippen LogP contribution in [0, 0.1) is 12.8 Å². The Morgan fingerprint density at radius 1 is 1.31 bits per heavy atom. The molecular weight excluding hydrogens is 350 g/mol. The molecule has 1 amide bonds. The molecule has 26 heavy (non-hydrogen) atoms. The molecule has 3 aromatic heterocycles. The highest BCUT2D eigenvalue weighted by Gasteiger charge is 2.27. The summed E-state index contributed by atoms with van der Waals surface area (Å²) in [5.41, 5.74) is 0. The topological polar surface area (TPSA) is 76.2 Å². The van der Waals surface area contributed by atoms with Crippen LogP contribution in [0.1, 0.15) is 24.4 Å². The van der Waals surface area contributed by atoms with Gasteiger partial charge in [0.25, 0.3) is 0 Å². The van der Waals surface area contributed by atoms with Crippen LogP contribution in [0.3, 0.4) is 0 Å². The number of amides is 1. The molecule has 0 radical (unpaired) electrons. The van der Waals surface area contributed by atoms with Gasteiger partial charge in [0.1, 0.15) is 11.5 Å². The fraction of sp³-hybridized carbons (Fsp3) is 0.389. The Morgan fingerprint density at radius 3 is 2.88 bits per heavy atom. The number of hydrogen-bond acceptors (Lipinski definition) is 6. The maximum atomic E-state index is 12.5. The van der Waals surface area contributed by atoms with E-state index >= 15 is 0 Å². The van der Waals surface area contributed by atoms with Crippen LogP contribution in [-0.2, 0) is 11.3 Å². The Morgan fingerprint density at radius 2 is 2.12 bits per heavy atom. The van der Waals surface area contributed by atoms with Crippen molar-refractivity contribution < 1.29 is 9.21 Å². The van der Waals surface area contributed by atoms with E-state index < -0.39 is 0 Å². The molecule has 0 bridgehead atoms. The van der Waals surface area contributed by atoms with E-state index in [4.69, 9.17) is 4.42 Å². The maximum Gasteiger partial charge on any atom is 0.225 e. The number of nitrogens with one attached hydrogen (secondary N) is 1. The van der Waals surface area contributed by atoms with E-state index in [-0.39, 0.29) is 11.8 Å². The largest absolute Gasteiger partial charge is 0.465 e. The van der Waals surface area contributed by atoms with Crippen molar-refractivity contribution in [1.29, 1.82) is 0 Å². The molecule has 7 nitrogen and oxygen atoms in total. The molecule has 4 heterocycles. The molecule has 0 aromatic carbocycles. The highest BCUT2D eigenvalue weighted by atomic mass is 32.1. The number of aromatic nitrogens is 3. The molecule has 0 saturated carbocycles. The summed E-state index contributed by atoms with van der Waals surface area (Å²) >= 11 is 1.54. The lowest BCUT2D eigenvalue weighted by Gasteiger charge is -2.31. The number of carbonyl (C=O) groups is 1. The predicted octanol–water partition coefficient (Wildman–Crippen LogP) is 2.76. The lowest BCUT2D eigenvalue weighted by molar-refractivity contribution is -0.125. The van der Waals surface area contributed by atoms with Gasteiger partial charge in [0, 0.05) is 25.5 Å². The first-order valence-corrected chi connectivity index (χ1v) is 9.55. The zero-order valence-corrected chi connectivity index (χ0v) is 15.4. The number of rotatable bonds is 5. The summed E-state index contributed by atoms with van der Waals surface area (Å²) < 4.78 is 7.45. The van der Waals surface area contributed by atoms with Crippen molar-refractivity contribution in [2.45, 2.75) is 26.3 Å². The normalized spacial score (nSPS) is 17.4. The molecular formula is C18H21N5O2S. The third kappa shape index (κ3) is 3.65. The molecule has 1 fully saturated rings. The van der Waals surface area contributed by atoms with Crippen LogP contribution in [0.5, 0.6) is 0 Å². The third-order valence-corrected chi connectivity index (χ3v) is 5.52. The van der Waals surface area contributed by atoms with Gasteiger partial charge in [-0.05, 0) is 44.0 Å². The number of aryl methyl sites for hydroxylation is 1. The average Bonchev–Trinajstić information content (AvgIpc) is 3.40. The first-order valence-electron chi connectivity index (χ1n) is 8.74. The van der Waals surface area contributed by atoms with Gasteiger partial charge in [-0.3, -0.25) is 9.36 Å². The first-order chi connectivity index (χ1) is 12.7. The highest BCUT2D eigenvalue weighted by Crippen LogP contribution is 2.28. The maximum absolute atomic E-state index is 12.5. The van der Waals surface area contributed by atoms with Crippen LogP contribution in [0.4, 0.5) is 5.13 Å². The van der Waals surface area contributed by atoms with Gasteiger partial charge >= 0.3 is 0 Å². The van der Waals surface area contributed by atoms with Crippen LogP contribution in [-0.4, -0.2) is 33.8 Å². The van der Waals surface area contributed by atoms with E-state index in [9.17, 15) is 4.79 Å². The molecule has 1 N–H and O–H groups in total. The molecule has 4 rings (SSSR count). The zero-order valence-electron chi connectivity index (χ0n) is 14.6. The van der Waals surface area contributed by atoms with E-state index in [1.54, 1.807) is 11.3 Å². The van der Waals surface area contributed by atoms with Crippen LogP contribution in [0.2, 0.25) is 0 Å². The molecule has 1 saturated heterocycles. The number of nitrogens with zero attached hydrogens (tertiary/aromatic N) is 4. The van der Waals surface area contributed by atoms with Gasteiger partial charge in [0.05, 0.1) is 12.5 Å². The van der Waals surface area contributed by atoms with Crippen LogP contribution < -0.4 is 10.2 Å². The Balaban J connectivity index is 1.37. The number of furan rings is 1.